The van der Waals surface area contributed by atoms with E-state index >= 15 is 0 Å². The highest BCUT2D eigenvalue weighted by molar-refractivity contribution is 7.98. The molecule has 0 heterocycles. The smallest absolute Gasteiger partial charge is 0.253 e. The Kier molecular flexibility index (Phi) is 8.96. The van der Waals surface area contributed by atoms with Crippen molar-refractivity contribution in [1.82, 2.24) is 10.6 Å². The van der Waals surface area contributed by atoms with E-state index in [2.05, 4.69) is 10.6 Å². The number of thioether (sulfide) groups is 1. The van der Waals surface area contributed by atoms with E-state index in [0.717, 1.165) is 17.1 Å². The summed E-state index contributed by atoms with van der Waals surface area (Å²) in [6, 6.07) is 11.4. The van der Waals surface area contributed by atoms with Crippen LogP contribution in [-0.4, -0.2) is 37.0 Å². The van der Waals surface area contributed by atoms with Crippen LogP contribution < -0.4 is 15.4 Å². The number of hydrogen-bond acceptors (Lipinski definition) is 4. The number of nitrogens with one attached hydrogen (secondary N) is 2. The van der Waals surface area contributed by atoms with Crippen LogP contribution in [0.5, 0.6) is 5.75 Å². The molecular weight excluding hydrogens is 419 g/mol. The van der Waals surface area contributed by atoms with Gasteiger partial charge in [-0.15, -0.1) is 0 Å². The molecule has 0 saturated carbocycles. The van der Waals surface area contributed by atoms with Crippen molar-refractivity contribution in [2.75, 3.05) is 19.1 Å². The van der Waals surface area contributed by atoms with E-state index in [9.17, 15) is 9.59 Å². The minimum Gasteiger partial charge on any atom is -0.497 e. The highest BCUT2D eigenvalue weighted by Gasteiger charge is 2.22. The molecule has 150 valence electrons. The number of rotatable bonds is 9. The van der Waals surface area contributed by atoms with E-state index in [1.54, 1.807) is 31.0 Å². The molecule has 0 spiro atoms. The molecule has 2 aromatic rings. The maximum atomic E-state index is 12.7. The van der Waals surface area contributed by atoms with Crippen molar-refractivity contribution in [2.24, 2.45) is 0 Å². The van der Waals surface area contributed by atoms with Crippen molar-refractivity contribution >= 4 is 46.8 Å². The molecule has 0 aliphatic heterocycles. The number of ether oxygens (including phenoxy) is 1. The summed E-state index contributed by atoms with van der Waals surface area (Å²) in [4.78, 5) is 25.2. The molecule has 0 radical (unpaired) electrons. The van der Waals surface area contributed by atoms with Crippen LogP contribution >= 0.6 is 35.0 Å². The topological polar surface area (TPSA) is 67.4 Å². The molecule has 0 bridgehead atoms. The zero-order valence-corrected chi connectivity index (χ0v) is 18.0. The molecule has 0 aromatic heterocycles. The van der Waals surface area contributed by atoms with Gasteiger partial charge in [0.1, 0.15) is 11.8 Å². The second-order valence-corrected chi connectivity index (χ2v) is 7.83. The molecule has 0 aliphatic carbocycles. The van der Waals surface area contributed by atoms with Gasteiger partial charge in [-0.25, -0.2) is 0 Å². The normalized spacial score (nSPS) is 11.6. The molecule has 2 N–H and O–H groups in total. The zero-order valence-electron chi connectivity index (χ0n) is 15.6. The van der Waals surface area contributed by atoms with Gasteiger partial charge in [0.2, 0.25) is 5.91 Å². The van der Waals surface area contributed by atoms with Crippen molar-refractivity contribution < 1.29 is 14.3 Å². The average Bonchev–Trinajstić information content (AvgIpc) is 2.69. The number of carbonyl (C=O) groups is 2. The van der Waals surface area contributed by atoms with Gasteiger partial charge in [0, 0.05) is 11.6 Å². The zero-order chi connectivity index (χ0) is 20.5. The van der Waals surface area contributed by atoms with Crippen molar-refractivity contribution in [3.63, 3.8) is 0 Å². The minimum absolute atomic E-state index is 0.241. The van der Waals surface area contributed by atoms with E-state index in [-0.39, 0.29) is 16.5 Å². The Balaban J connectivity index is 2.04. The molecule has 2 rings (SSSR count). The Bertz CT molecular complexity index is 833. The van der Waals surface area contributed by atoms with Crippen LogP contribution in [0.15, 0.2) is 42.5 Å². The van der Waals surface area contributed by atoms with E-state index < -0.39 is 11.9 Å². The summed E-state index contributed by atoms with van der Waals surface area (Å²) >= 11 is 13.6. The lowest BCUT2D eigenvalue weighted by Gasteiger charge is -2.19. The summed E-state index contributed by atoms with van der Waals surface area (Å²) in [6.07, 6.45) is 2.45. The lowest BCUT2D eigenvalue weighted by atomic mass is 10.1. The Morgan fingerprint density at radius 3 is 2.64 bits per heavy atom. The fourth-order valence-corrected chi connectivity index (χ4v) is 3.47. The first-order chi connectivity index (χ1) is 13.4. The molecule has 8 heteroatoms. The first-order valence-electron chi connectivity index (χ1n) is 8.60. The third-order valence-electron chi connectivity index (χ3n) is 4.01. The molecule has 2 aromatic carbocycles. The summed E-state index contributed by atoms with van der Waals surface area (Å²) in [5, 5.41) is 6.32. The van der Waals surface area contributed by atoms with Gasteiger partial charge in [0.25, 0.3) is 5.91 Å². The molecule has 0 saturated heterocycles. The fraction of sp³-hybridized carbons (Fsp3) is 0.300. The first-order valence-corrected chi connectivity index (χ1v) is 10.7. The lowest BCUT2D eigenvalue weighted by Crippen LogP contribution is -2.47. The summed E-state index contributed by atoms with van der Waals surface area (Å²) in [6.45, 7) is 0.337. The van der Waals surface area contributed by atoms with Crippen molar-refractivity contribution in [1.29, 1.82) is 0 Å². The summed E-state index contributed by atoms with van der Waals surface area (Å²) < 4.78 is 5.19. The van der Waals surface area contributed by atoms with E-state index in [0.29, 0.717) is 18.0 Å². The molecule has 1 atom stereocenters. The van der Waals surface area contributed by atoms with E-state index in [1.807, 2.05) is 30.5 Å². The van der Waals surface area contributed by atoms with Gasteiger partial charge in [0.15, 0.2) is 0 Å². The van der Waals surface area contributed by atoms with Crippen LogP contribution in [0.1, 0.15) is 22.3 Å². The summed E-state index contributed by atoms with van der Waals surface area (Å²) in [7, 11) is 1.59. The number of hydrogen-bond donors (Lipinski definition) is 2. The van der Waals surface area contributed by atoms with Gasteiger partial charge >= 0.3 is 0 Å². The Labute approximate surface area is 179 Å². The van der Waals surface area contributed by atoms with Gasteiger partial charge in [-0.1, -0.05) is 35.3 Å². The Morgan fingerprint density at radius 2 is 1.96 bits per heavy atom. The van der Waals surface area contributed by atoms with Gasteiger partial charge < -0.3 is 15.4 Å². The number of amides is 2. The third kappa shape index (κ3) is 6.62. The van der Waals surface area contributed by atoms with E-state index in [1.165, 1.54) is 6.07 Å². The van der Waals surface area contributed by atoms with Gasteiger partial charge in [-0.3, -0.25) is 9.59 Å². The maximum Gasteiger partial charge on any atom is 0.253 e. The molecular formula is C20H22Cl2N2O3S. The van der Waals surface area contributed by atoms with Crippen LogP contribution in [-0.2, 0) is 11.3 Å². The predicted octanol–water partition coefficient (Wildman–Crippen LogP) is 4.17. The van der Waals surface area contributed by atoms with E-state index in [4.69, 9.17) is 27.9 Å². The molecule has 1 unspecified atom stereocenters. The SMILES string of the molecule is COc1cccc(CNC(=O)C(CCSC)NC(=O)c2ccc(Cl)cc2Cl)c1. The second-order valence-electron chi connectivity index (χ2n) is 6.00. The van der Waals surface area contributed by atoms with Gasteiger partial charge in [-0.2, -0.15) is 11.8 Å². The first kappa shape index (κ1) is 22.4. The summed E-state index contributed by atoms with van der Waals surface area (Å²) in [5.41, 5.74) is 1.18. The fourth-order valence-electron chi connectivity index (χ4n) is 2.51. The largest absolute Gasteiger partial charge is 0.497 e. The van der Waals surface area contributed by atoms with Crippen LogP contribution in [0, 0.1) is 0 Å². The average molecular weight is 441 g/mol. The Hall–Kier alpha value is -1.89. The number of benzene rings is 2. The monoisotopic (exact) mass is 440 g/mol. The highest BCUT2D eigenvalue weighted by Crippen LogP contribution is 2.21. The number of carbonyl (C=O) groups excluding carboxylic acids is 2. The van der Waals surface area contributed by atoms with Crippen molar-refractivity contribution in [2.45, 2.75) is 19.0 Å². The highest BCUT2D eigenvalue weighted by atomic mass is 35.5. The second kappa shape index (κ2) is 11.2. The Morgan fingerprint density at radius 1 is 1.18 bits per heavy atom. The van der Waals surface area contributed by atoms with Gasteiger partial charge in [0.05, 0.1) is 17.7 Å². The van der Waals surface area contributed by atoms with Crippen LogP contribution in [0.3, 0.4) is 0 Å². The third-order valence-corrected chi connectivity index (χ3v) is 5.20. The van der Waals surface area contributed by atoms with Crippen molar-refractivity contribution in [3.05, 3.63) is 63.6 Å². The summed E-state index contributed by atoms with van der Waals surface area (Å²) in [5.74, 6) is 0.780. The van der Waals surface area contributed by atoms with Crippen LogP contribution in [0.4, 0.5) is 0 Å². The molecule has 0 fully saturated rings. The maximum absolute atomic E-state index is 12.7. The standard InChI is InChI=1S/C20H22Cl2N2O3S/c1-27-15-5-3-4-13(10-15)12-23-20(26)18(8-9-28-2)24-19(25)16-7-6-14(21)11-17(16)22/h3-7,10-11,18H,8-9,12H2,1-2H3,(H,23,26)(H,24,25). The minimum atomic E-state index is -0.669. The number of halogens is 2. The molecule has 5 nitrogen and oxygen atoms in total. The van der Waals surface area contributed by atoms with Crippen LogP contribution in [0.2, 0.25) is 10.0 Å². The molecule has 0 aliphatic rings. The molecule has 2 amide bonds. The number of methoxy groups -OCH3 is 1. The van der Waals surface area contributed by atoms with Crippen molar-refractivity contribution in [3.8, 4) is 5.75 Å². The van der Waals surface area contributed by atoms with Gasteiger partial charge in [-0.05, 0) is 54.3 Å². The quantitative estimate of drug-likeness (QED) is 0.613. The molecule has 28 heavy (non-hydrogen) atoms. The predicted molar refractivity (Wildman–Crippen MR) is 116 cm³/mol. The lowest BCUT2D eigenvalue weighted by molar-refractivity contribution is -0.123. The van der Waals surface area contributed by atoms with Crippen LogP contribution in [0.25, 0.3) is 0 Å².